The number of hydrogen-bond acceptors (Lipinski definition) is 4. The van der Waals surface area contributed by atoms with Crippen molar-refractivity contribution in [3.63, 3.8) is 0 Å². The molecule has 0 aliphatic heterocycles. The van der Waals surface area contributed by atoms with Gasteiger partial charge in [-0.3, -0.25) is 9.36 Å². The van der Waals surface area contributed by atoms with Gasteiger partial charge in [-0.05, 0) is 55.0 Å². The molecule has 1 aromatic heterocycles. The largest absolute Gasteiger partial charge is 0.345 e. The molecular formula is C32H37ClN4OS. The first-order chi connectivity index (χ1) is 19.0. The highest BCUT2D eigenvalue weighted by Gasteiger charge is 2.28. The molecular weight excluding hydrogens is 524 g/mol. The van der Waals surface area contributed by atoms with Crippen molar-refractivity contribution in [2.24, 2.45) is 5.92 Å². The Labute approximate surface area is 241 Å². The number of amides is 1. The average Bonchev–Trinajstić information content (AvgIpc) is 3.38. The molecule has 1 heterocycles. The molecule has 0 fully saturated rings. The van der Waals surface area contributed by atoms with Crippen molar-refractivity contribution in [3.05, 3.63) is 106 Å². The van der Waals surface area contributed by atoms with Crippen LogP contribution in [0.3, 0.4) is 0 Å². The number of aryl methyl sites for hydroxylation is 1. The third-order valence-corrected chi connectivity index (χ3v) is 8.20. The SMILES string of the molecule is CCCCC(CC)C(=O)NC(Cc1ccccc1)c1nnc(SCc2ccccc2)n1-c1cc(Cl)ccc1C. The Kier molecular flexibility index (Phi) is 10.6. The maximum atomic E-state index is 13.5. The van der Waals surface area contributed by atoms with E-state index in [-0.39, 0.29) is 17.9 Å². The quantitative estimate of drug-likeness (QED) is 0.168. The summed E-state index contributed by atoms with van der Waals surface area (Å²) in [6.07, 6.45) is 4.41. The lowest BCUT2D eigenvalue weighted by Gasteiger charge is -2.23. The number of rotatable bonds is 13. The summed E-state index contributed by atoms with van der Waals surface area (Å²) >= 11 is 8.11. The molecule has 0 saturated heterocycles. The van der Waals surface area contributed by atoms with Gasteiger partial charge in [-0.25, -0.2) is 0 Å². The van der Waals surface area contributed by atoms with E-state index in [0.29, 0.717) is 17.3 Å². The Bertz CT molecular complexity index is 1340. The van der Waals surface area contributed by atoms with Crippen LogP contribution in [0.2, 0.25) is 5.02 Å². The molecule has 1 N–H and O–H groups in total. The lowest BCUT2D eigenvalue weighted by Crippen LogP contribution is -2.36. The molecule has 2 unspecified atom stereocenters. The zero-order chi connectivity index (χ0) is 27.6. The van der Waals surface area contributed by atoms with E-state index in [1.54, 1.807) is 11.8 Å². The van der Waals surface area contributed by atoms with Gasteiger partial charge in [0.2, 0.25) is 5.91 Å². The molecule has 39 heavy (non-hydrogen) atoms. The highest BCUT2D eigenvalue weighted by molar-refractivity contribution is 7.98. The van der Waals surface area contributed by atoms with Crippen molar-refractivity contribution in [3.8, 4) is 5.69 Å². The van der Waals surface area contributed by atoms with Gasteiger partial charge in [0.25, 0.3) is 0 Å². The summed E-state index contributed by atoms with van der Waals surface area (Å²) in [6, 6.07) is 26.1. The number of carbonyl (C=O) groups is 1. The first kappa shape index (κ1) is 28.9. The van der Waals surface area contributed by atoms with Crippen molar-refractivity contribution in [1.29, 1.82) is 0 Å². The summed E-state index contributed by atoms with van der Waals surface area (Å²) in [5, 5.41) is 14.1. The van der Waals surface area contributed by atoms with Crippen molar-refractivity contribution < 1.29 is 4.79 Å². The molecule has 3 aromatic carbocycles. The first-order valence-corrected chi connectivity index (χ1v) is 15.1. The fraction of sp³-hybridized carbons (Fsp3) is 0.344. The maximum absolute atomic E-state index is 13.5. The minimum atomic E-state index is -0.354. The lowest BCUT2D eigenvalue weighted by molar-refractivity contribution is -0.126. The molecule has 0 aliphatic carbocycles. The minimum Gasteiger partial charge on any atom is -0.345 e. The second kappa shape index (κ2) is 14.3. The van der Waals surface area contributed by atoms with Crippen molar-refractivity contribution in [1.82, 2.24) is 20.1 Å². The summed E-state index contributed by atoms with van der Waals surface area (Å²) < 4.78 is 2.08. The number of benzene rings is 3. The molecule has 0 spiro atoms. The Hall–Kier alpha value is -3.09. The van der Waals surface area contributed by atoms with Gasteiger partial charge < -0.3 is 5.32 Å². The van der Waals surface area contributed by atoms with E-state index in [1.807, 2.05) is 54.6 Å². The van der Waals surface area contributed by atoms with E-state index in [2.05, 4.69) is 60.0 Å². The van der Waals surface area contributed by atoms with Crippen LogP contribution in [0.4, 0.5) is 0 Å². The van der Waals surface area contributed by atoms with E-state index in [9.17, 15) is 4.79 Å². The number of hydrogen-bond donors (Lipinski definition) is 1. The fourth-order valence-electron chi connectivity index (χ4n) is 4.69. The summed E-state index contributed by atoms with van der Waals surface area (Å²) in [4.78, 5) is 13.5. The predicted octanol–water partition coefficient (Wildman–Crippen LogP) is 8.14. The topological polar surface area (TPSA) is 59.8 Å². The van der Waals surface area contributed by atoms with Crippen LogP contribution in [-0.2, 0) is 17.0 Å². The van der Waals surface area contributed by atoms with Crippen LogP contribution < -0.4 is 5.32 Å². The summed E-state index contributed by atoms with van der Waals surface area (Å²) in [5.41, 5.74) is 4.31. The average molecular weight is 561 g/mol. The molecule has 4 aromatic rings. The van der Waals surface area contributed by atoms with Crippen molar-refractivity contribution in [2.45, 2.75) is 69.8 Å². The second-order valence-corrected chi connectivity index (χ2v) is 11.3. The van der Waals surface area contributed by atoms with Crippen LogP contribution in [0, 0.1) is 12.8 Å². The van der Waals surface area contributed by atoms with Crippen LogP contribution in [-0.4, -0.2) is 20.7 Å². The Balaban J connectivity index is 1.76. The number of nitrogens with one attached hydrogen (secondary N) is 1. The zero-order valence-corrected chi connectivity index (χ0v) is 24.5. The van der Waals surface area contributed by atoms with Gasteiger partial charge in [-0.2, -0.15) is 0 Å². The molecule has 0 saturated carbocycles. The standard InChI is InChI=1S/C32H37ClN4OS/c1-4-6-17-26(5-2)31(38)34-28(20-24-13-9-7-10-14-24)30-35-36-32(39-22-25-15-11-8-12-16-25)37(30)29-21-27(33)19-18-23(29)3/h7-16,18-19,21,26,28H,4-6,17,20,22H2,1-3H3,(H,34,38). The van der Waals surface area contributed by atoms with Gasteiger partial charge in [-0.1, -0.05) is 117 Å². The number of aromatic nitrogens is 3. The maximum Gasteiger partial charge on any atom is 0.223 e. The monoisotopic (exact) mass is 560 g/mol. The smallest absolute Gasteiger partial charge is 0.223 e. The van der Waals surface area contributed by atoms with Gasteiger partial charge in [0, 0.05) is 16.7 Å². The van der Waals surface area contributed by atoms with Crippen LogP contribution in [0.15, 0.2) is 84.0 Å². The van der Waals surface area contributed by atoms with E-state index < -0.39 is 0 Å². The van der Waals surface area contributed by atoms with Gasteiger partial charge in [0.15, 0.2) is 11.0 Å². The first-order valence-electron chi connectivity index (χ1n) is 13.7. The molecule has 0 bridgehead atoms. The van der Waals surface area contributed by atoms with E-state index >= 15 is 0 Å². The zero-order valence-electron chi connectivity index (χ0n) is 22.9. The van der Waals surface area contributed by atoms with Crippen LogP contribution >= 0.6 is 23.4 Å². The van der Waals surface area contributed by atoms with Gasteiger partial charge >= 0.3 is 0 Å². The third kappa shape index (κ3) is 7.74. The number of halogens is 1. The number of thioether (sulfide) groups is 1. The number of carbonyl (C=O) groups excluding carboxylic acids is 1. The highest BCUT2D eigenvalue weighted by Crippen LogP contribution is 2.32. The van der Waals surface area contributed by atoms with Gasteiger partial charge in [0.05, 0.1) is 11.7 Å². The Morgan fingerprint density at radius 3 is 2.33 bits per heavy atom. The van der Waals surface area contributed by atoms with Crippen LogP contribution in [0.25, 0.3) is 5.69 Å². The molecule has 1 amide bonds. The summed E-state index contributed by atoms with van der Waals surface area (Å²) in [6.45, 7) is 6.30. The van der Waals surface area contributed by atoms with Crippen molar-refractivity contribution >= 4 is 29.3 Å². The highest BCUT2D eigenvalue weighted by atomic mass is 35.5. The number of nitrogens with zero attached hydrogens (tertiary/aromatic N) is 3. The Morgan fingerprint density at radius 2 is 1.67 bits per heavy atom. The molecule has 4 rings (SSSR count). The van der Waals surface area contributed by atoms with E-state index in [1.165, 1.54) is 5.56 Å². The van der Waals surface area contributed by atoms with E-state index in [4.69, 9.17) is 16.7 Å². The minimum absolute atomic E-state index is 0.0283. The second-order valence-electron chi connectivity index (χ2n) is 9.88. The molecule has 0 radical (unpaired) electrons. The van der Waals surface area contributed by atoms with Crippen LogP contribution in [0.1, 0.15) is 68.1 Å². The predicted molar refractivity (Wildman–Crippen MR) is 161 cm³/mol. The molecule has 2 atom stereocenters. The third-order valence-electron chi connectivity index (χ3n) is 6.96. The molecule has 5 nitrogen and oxygen atoms in total. The van der Waals surface area contributed by atoms with E-state index in [0.717, 1.165) is 53.4 Å². The van der Waals surface area contributed by atoms with Gasteiger partial charge in [0.1, 0.15) is 0 Å². The van der Waals surface area contributed by atoms with Crippen LogP contribution in [0.5, 0.6) is 0 Å². The molecule has 7 heteroatoms. The fourth-order valence-corrected chi connectivity index (χ4v) is 5.76. The van der Waals surface area contributed by atoms with Crippen molar-refractivity contribution in [2.75, 3.05) is 0 Å². The summed E-state index contributed by atoms with van der Waals surface area (Å²) in [5.74, 6) is 1.50. The lowest BCUT2D eigenvalue weighted by atomic mass is 9.97. The molecule has 0 aliphatic rings. The number of unbranched alkanes of at least 4 members (excludes halogenated alkanes) is 1. The molecule has 204 valence electrons. The summed E-state index contributed by atoms with van der Waals surface area (Å²) in [7, 11) is 0. The Morgan fingerprint density at radius 1 is 0.974 bits per heavy atom. The van der Waals surface area contributed by atoms with Gasteiger partial charge in [-0.15, -0.1) is 10.2 Å². The normalized spacial score (nSPS) is 12.7.